The maximum absolute atomic E-state index is 5.70. The van der Waals surface area contributed by atoms with Crippen LogP contribution in [0, 0.1) is 6.92 Å². The van der Waals surface area contributed by atoms with Crippen LogP contribution in [0.1, 0.15) is 5.82 Å². The third-order valence-electron chi connectivity index (χ3n) is 2.24. The van der Waals surface area contributed by atoms with Crippen LogP contribution in [0.5, 0.6) is 0 Å². The van der Waals surface area contributed by atoms with Gasteiger partial charge in [-0.15, -0.1) is 10.2 Å². The number of aromatic nitrogens is 3. The number of nitrogens with two attached hydrogens (primary N) is 1. The lowest BCUT2D eigenvalue weighted by Crippen LogP contribution is -1.95. The SMILES string of the molecule is Cc1nnc(-c2cccc(N)c2)n1C. The van der Waals surface area contributed by atoms with Gasteiger partial charge in [0.25, 0.3) is 0 Å². The van der Waals surface area contributed by atoms with Gasteiger partial charge in [-0.25, -0.2) is 0 Å². The first-order valence-corrected chi connectivity index (χ1v) is 4.40. The van der Waals surface area contributed by atoms with Gasteiger partial charge in [0.2, 0.25) is 0 Å². The molecule has 4 heteroatoms. The summed E-state index contributed by atoms with van der Waals surface area (Å²) in [5.74, 6) is 1.73. The van der Waals surface area contributed by atoms with Crippen molar-refractivity contribution >= 4 is 5.69 Å². The molecule has 0 amide bonds. The molecule has 0 saturated heterocycles. The summed E-state index contributed by atoms with van der Waals surface area (Å²) >= 11 is 0. The van der Waals surface area contributed by atoms with Crippen molar-refractivity contribution in [3.8, 4) is 11.4 Å². The third kappa shape index (κ3) is 1.35. The highest BCUT2D eigenvalue weighted by molar-refractivity contribution is 5.61. The lowest BCUT2D eigenvalue weighted by atomic mass is 10.2. The molecule has 1 aromatic carbocycles. The Labute approximate surface area is 82.4 Å². The molecule has 4 nitrogen and oxygen atoms in total. The fourth-order valence-corrected chi connectivity index (χ4v) is 1.34. The van der Waals surface area contributed by atoms with Crippen LogP contribution in [0.15, 0.2) is 24.3 Å². The minimum absolute atomic E-state index is 0.739. The van der Waals surface area contributed by atoms with E-state index < -0.39 is 0 Å². The van der Waals surface area contributed by atoms with Crippen molar-refractivity contribution in [3.05, 3.63) is 30.1 Å². The second kappa shape index (κ2) is 3.14. The predicted molar refractivity (Wildman–Crippen MR) is 55.6 cm³/mol. The normalized spacial score (nSPS) is 10.4. The first-order chi connectivity index (χ1) is 6.68. The Balaban J connectivity index is 2.55. The maximum Gasteiger partial charge on any atom is 0.163 e. The van der Waals surface area contributed by atoms with Gasteiger partial charge < -0.3 is 10.3 Å². The van der Waals surface area contributed by atoms with Crippen molar-refractivity contribution in [1.29, 1.82) is 0 Å². The summed E-state index contributed by atoms with van der Waals surface area (Å²) in [6.45, 7) is 1.92. The van der Waals surface area contributed by atoms with Crippen molar-refractivity contribution in [3.63, 3.8) is 0 Å². The largest absolute Gasteiger partial charge is 0.399 e. The van der Waals surface area contributed by atoms with E-state index in [0.717, 1.165) is 22.9 Å². The zero-order chi connectivity index (χ0) is 10.1. The van der Waals surface area contributed by atoms with Crippen LogP contribution in [0.4, 0.5) is 5.69 Å². The molecule has 0 unspecified atom stereocenters. The Morgan fingerprint density at radius 1 is 1.29 bits per heavy atom. The van der Waals surface area contributed by atoms with Crippen LogP contribution in [-0.2, 0) is 7.05 Å². The molecule has 72 valence electrons. The predicted octanol–water partition coefficient (Wildman–Crippen LogP) is 1.37. The van der Waals surface area contributed by atoms with Crippen LogP contribution in [0.3, 0.4) is 0 Å². The van der Waals surface area contributed by atoms with Gasteiger partial charge in [-0.3, -0.25) is 0 Å². The van der Waals surface area contributed by atoms with E-state index in [1.165, 1.54) is 0 Å². The van der Waals surface area contributed by atoms with Gasteiger partial charge in [0, 0.05) is 18.3 Å². The van der Waals surface area contributed by atoms with E-state index in [4.69, 9.17) is 5.73 Å². The second-order valence-corrected chi connectivity index (χ2v) is 3.26. The Morgan fingerprint density at radius 2 is 2.07 bits per heavy atom. The number of anilines is 1. The molecule has 0 aliphatic carbocycles. The minimum atomic E-state index is 0.739. The molecule has 0 bridgehead atoms. The van der Waals surface area contributed by atoms with Crippen LogP contribution in [0.25, 0.3) is 11.4 Å². The second-order valence-electron chi connectivity index (χ2n) is 3.26. The fraction of sp³-hybridized carbons (Fsp3) is 0.200. The van der Waals surface area contributed by atoms with Crippen LogP contribution in [-0.4, -0.2) is 14.8 Å². The smallest absolute Gasteiger partial charge is 0.163 e. The lowest BCUT2D eigenvalue weighted by molar-refractivity contribution is 0.865. The molecule has 0 saturated carbocycles. The molecule has 1 heterocycles. The van der Waals surface area contributed by atoms with Crippen LogP contribution >= 0.6 is 0 Å². The maximum atomic E-state index is 5.70. The van der Waals surface area contributed by atoms with E-state index in [1.54, 1.807) is 0 Å². The van der Waals surface area contributed by atoms with E-state index in [9.17, 15) is 0 Å². The Hall–Kier alpha value is -1.84. The highest BCUT2D eigenvalue weighted by Crippen LogP contribution is 2.18. The number of nitrogen functional groups attached to an aromatic ring is 1. The fourth-order valence-electron chi connectivity index (χ4n) is 1.34. The number of benzene rings is 1. The molecular formula is C10H12N4. The van der Waals surface area contributed by atoms with Gasteiger partial charge in [0.1, 0.15) is 5.82 Å². The first kappa shape index (κ1) is 8.74. The van der Waals surface area contributed by atoms with Crippen LogP contribution < -0.4 is 5.73 Å². The molecule has 1 aromatic heterocycles. The average Bonchev–Trinajstić information content (AvgIpc) is 2.48. The molecule has 0 aliphatic rings. The summed E-state index contributed by atoms with van der Waals surface area (Å²) in [6, 6.07) is 7.63. The molecule has 0 fully saturated rings. The van der Waals surface area contributed by atoms with E-state index in [2.05, 4.69) is 10.2 Å². The van der Waals surface area contributed by atoms with Crippen molar-refractivity contribution < 1.29 is 0 Å². The summed E-state index contributed by atoms with van der Waals surface area (Å²) in [4.78, 5) is 0. The van der Waals surface area contributed by atoms with Crippen molar-refractivity contribution in [1.82, 2.24) is 14.8 Å². The summed E-state index contributed by atoms with van der Waals surface area (Å²) in [5.41, 5.74) is 7.43. The van der Waals surface area contributed by atoms with Gasteiger partial charge in [-0.1, -0.05) is 12.1 Å². The minimum Gasteiger partial charge on any atom is -0.399 e. The van der Waals surface area contributed by atoms with Gasteiger partial charge in [-0.05, 0) is 19.1 Å². The topological polar surface area (TPSA) is 56.7 Å². The van der Waals surface area contributed by atoms with Gasteiger partial charge in [-0.2, -0.15) is 0 Å². The van der Waals surface area contributed by atoms with E-state index in [1.807, 2.05) is 42.8 Å². The molecule has 14 heavy (non-hydrogen) atoms. The molecule has 2 aromatic rings. The number of aryl methyl sites for hydroxylation is 1. The Bertz CT molecular complexity index is 459. The van der Waals surface area contributed by atoms with Crippen molar-refractivity contribution in [2.24, 2.45) is 7.05 Å². The van der Waals surface area contributed by atoms with E-state index in [-0.39, 0.29) is 0 Å². The number of nitrogens with zero attached hydrogens (tertiary/aromatic N) is 3. The molecule has 0 atom stereocenters. The first-order valence-electron chi connectivity index (χ1n) is 4.40. The van der Waals surface area contributed by atoms with Crippen molar-refractivity contribution in [2.45, 2.75) is 6.92 Å². The molecule has 0 spiro atoms. The number of hydrogen-bond donors (Lipinski definition) is 1. The summed E-state index contributed by atoms with van der Waals surface area (Å²) in [5, 5.41) is 8.08. The van der Waals surface area contributed by atoms with Crippen LogP contribution in [0.2, 0.25) is 0 Å². The number of rotatable bonds is 1. The zero-order valence-electron chi connectivity index (χ0n) is 8.23. The molecule has 0 aliphatic heterocycles. The molecule has 0 radical (unpaired) electrons. The molecule has 2 rings (SSSR count). The van der Waals surface area contributed by atoms with E-state index >= 15 is 0 Å². The highest BCUT2D eigenvalue weighted by Gasteiger charge is 2.06. The summed E-state index contributed by atoms with van der Waals surface area (Å²) in [7, 11) is 1.94. The summed E-state index contributed by atoms with van der Waals surface area (Å²) < 4.78 is 1.94. The third-order valence-corrected chi connectivity index (χ3v) is 2.24. The lowest BCUT2D eigenvalue weighted by Gasteiger charge is -2.02. The Morgan fingerprint density at radius 3 is 2.64 bits per heavy atom. The van der Waals surface area contributed by atoms with Gasteiger partial charge >= 0.3 is 0 Å². The number of hydrogen-bond acceptors (Lipinski definition) is 3. The molecular weight excluding hydrogens is 176 g/mol. The summed E-state index contributed by atoms with van der Waals surface area (Å²) in [6.07, 6.45) is 0. The van der Waals surface area contributed by atoms with Gasteiger partial charge in [0.05, 0.1) is 0 Å². The average molecular weight is 188 g/mol. The zero-order valence-corrected chi connectivity index (χ0v) is 8.23. The van der Waals surface area contributed by atoms with E-state index in [0.29, 0.717) is 0 Å². The molecule has 2 N–H and O–H groups in total. The van der Waals surface area contributed by atoms with Crippen molar-refractivity contribution in [2.75, 3.05) is 5.73 Å². The quantitative estimate of drug-likeness (QED) is 0.688. The standard InChI is InChI=1S/C10H12N4/c1-7-12-13-10(14(7)2)8-4-3-5-9(11)6-8/h3-6H,11H2,1-2H3. The monoisotopic (exact) mass is 188 g/mol. The van der Waals surface area contributed by atoms with Gasteiger partial charge in [0.15, 0.2) is 5.82 Å². The Kier molecular flexibility index (Phi) is 1.96. The highest BCUT2D eigenvalue weighted by atomic mass is 15.3.